The van der Waals surface area contributed by atoms with Crippen molar-refractivity contribution in [3.05, 3.63) is 34.4 Å². The molecule has 7 heteroatoms. The molecule has 0 bridgehead atoms. The minimum absolute atomic E-state index is 0.00932. The summed E-state index contributed by atoms with van der Waals surface area (Å²) in [4.78, 5) is 23.5. The van der Waals surface area contributed by atoms with Gasteiger partial charge < -0.3 is 4.90 Å². The van der Waals surface area contributed by atoms with Crippen molar-refractivity contribution < 1.29 is 9.72 Å². The molecule has 0 amide bonds. The van der Waals surface area contributed by atoms with Crippen molar-refractivity contribution in [3.8, 4) is 0 Å². The number of hydrogen-bond donors (Lipinski definition) is 1. The molecule has 1 aromatic rings. The van der Waals surface area contributed by atoms with Crippen LogP contribution < -0.4 is 5.43 Å². The molecular weight excluding hydrogens is 260 g/mol. The number of Topliss-reactive ketones (excluding diaryl/α,β-unsaturated/α-hetero) is 1. The van der Waals surface area contributed by atoms with E-state index in [-0.39, 0.29) is 11.5 Å². The molecule has 0 saturated carbocycles. The fourth-order valence-corrected chi connectivity index (χ4v) is 1.67. The Labute approximate surface area is 117 Å². The normalized spacial score (nSPS) is 11.1. The second-order valence-electron chi connectivity index (χ2n) is 4.08. The van der Waals surface area contributed by atoms with Crippen LogP contribution in [0.5, 0.6) is 0 Å². The first kappa shape index (κ1) is 15.6. The van der Waals surface area contributed by atoms with E-state index in [2.05, 4.69) is 10.5 Å². The number of amidine groups is 1. The Morgan fingerprint density at radius 2 is 1.85 bits per heavy atom. The highest BCUT2D eigenvalue weighted by atomic mass is 16.6. The van der Waals surface area contributed by atoms with Crippen molar-refractivity contribution in [2.75, 3.05) is 18.5 Å². The summed E-state index contributed by atoms with van der Waals surface area (Å²) in [5, 5.41) is 14.6. The fourth-order valence-electron chi connectivity index (χ4n) is 1.67. The van der Waals surface area contributed by atoms with Crippen molar-refractivity contribution in [2.24, 2.45) is 5.10 Å². The highest BCUT2D eigenvalue weighted by molar-refractivity contribution is 6.37. The van der Waals surface area contributed by atoms with E-state index in [4.69, 9.17) is 0 Å². The number of nitrogens with one attached hydrogen (secondary N) is 1. The minimum atomic E-state index is -0.468. The maximum Gasteiger partial charge on any atom is 0.269 e. The van der Waals surface area contributed by atoms with E-state index < -0.39 is 4.92 Å². The van der Waals surface area contributed by atoms with Gasteiger partial charge in [0, 0.05) is 32.1 Å². The molecule has 0 atom stereocenters. The van der Waals surface area contributed by atoms with Crippen LogP contribution in [0.3, 0.4) is 0 Å². The molecule has 0 aliphatic heterocycles. The summed E-state index contributed by atoms with van der Waals surface area (Å²) in [6.07, 6.45) is 0. The molecule has 0 spiro atoms. The Morgan fingerprint density at radius 3 is 2.25 bits per heavy atom. The van der Waals surface area contributed by atoms with Gasteiger partial charge in [-0.05, 0) is 26.0 Å². The molecule has 0 unspecified atom stereocenters. The van der Waals surface area contributed by atoms with Gasteiger partial charge >= 0.3 is 0 Å². The molecular formula is C13H18N4O3. The van der Waals surface area contributed by atoms with Gasteiger partial charge in [0.2, 0.25) is 0 Å². The number of hydrogen-bond acceptors (Lipinski definition) is 5. The lowest BCUT2D eigenvalue weighted by molar-refractivity contribution is -0.384. The van der Waals surface area contributed by atoms with Crippen LogP contribution in [0.4, 0.5) is 11.4 Å². The van der Waals surface area contributed by atoms with Crippen molar-refractivity contribution in [1.29, 1.82) is 0 Å². The lowest BCUT2D eigenvalue weighted by Gasteiger charge is -2.20. The van der Waals surface area contributed by atoms with Gasteiger partial charge in [-0.15, -0.1) is 0 Å². The van der Waals surface area contributed by atoms with Gasteiger partial charge in [-0.1, -0.05) is 0 Å². The first-order chi connectivity index (χ1) is 9.49. The average molecular weight is 278 g/mol. The van der Waals surface area contributed by atoms with Gasteiger partial charge in [0.05, 0.1) is 10.6 Å². The Morgan fingerprint density at radius 1 is 1.30 bits per heavy atom. The number of nitro benzene ring substituents is 1. The van der Waals surface area contributed by atoms with E-state index >= 15 is 0 Å². The number of nitrogens with zero attached hydrogens (tertiary/aromatic N) is 3. The number of carbonyl (C=O) groups excluding carboxylic acids is 1. The van der Waals surface area contributed by atoms with Crippen LogP contribution in [-0.4, -0.2) is 34.5 Å². The van der Waals surface area contributed by atoms with Gasteiger partial charge in [-0.2, -0.15) is 5.10 Å². The quantitative estimate of drug-likeness (QED) is 0.373. The molecule has 1 aromatic carbocycles. The molecule has 0 aliphatic rings. The Kier molecular flexibility index (Phi) is 5.64. The fraction of sp³-hybridized carbons (Fsp3) is 0.385. The van der Waals surface area contributed by atoms with Gasteiger partial charge in [0.25, 0.3) is 5.69 Å². The zero-order valence-corrected chi connectivity index (χ0v) is 11.8. The summed E-state index contributed by atoms with van der Waals surface area (Å²) in [6, 6.07) is 5.84. The summed E-state index contributed by atoms with van der Waals surface area (Å²) in [5.41, 5.74) is 3.34. The van der Waals surface area contributed by atoms with Crippen LogP contribution in [0, 0.1) is 10.1 Å². The predicted octanol–water partition coefficient (Wildman–Crippen LogP) is 2.25. The Balaban J connectivity index is 2.87. The third kappa shape index (κ3) is 4.04. The molecule has 7 nitrogen and oxygen atoms in total. The molecule has 0 fully saturated rings. The molecule has 0 aromatic heterocycles. The van der Waals surface area contributed by atoms with Crippen molar-refractivity contribution in [1.82, 2.24) is 4.90 Å². The van der Waals surface area contributed by atoms with Crippen LogP contribution in [0.25, 0.3) is 0 Å². The van der Waals surface area contributed by atoms with Crippen LogP contribution in [-0.2, 0) is 4.79 Å². The number of anilines is 1. The molecule has 0 aliphatic carbocycles. The number of non-ortho nitro benzene ring substituents is 1. The summed E-state index contributed by atoms with van der Waals surface area (Å²) >= 11 is 0. The van der Waals surface area contributed by atoms with Crippen molar-refractivity contribution in [2.45, 2.75) is 20.8 Å². The number of likely N-dealkylation sites (N-methyl/N-ethyl adjacent to an activating group) is 1. The Hall–Kier alpha value is -2.44. The molecule has 1 rings (SSSR count). The van der Waals surface area contributed by atoms with E-state index in [9.17, 15) is 14.9 Å². The van der Waals surface area contributed by atoms with E-state index in [1.807, 2.05) is 18.7 Å². The molecule has 0 heterocycles. The van der Waals surface area contributed by atoms with Crippen LogP contribution in [0.15, 0.2) is 29.4 Å². The zero-order chi connectivity index (χ0) is 15.1. The lowest BCUT2D eigenvalue weighted by Crippen LogP contribution is -2.36. The van der Waals surface area contributed by atoms with E-state index in [1.165, 1.54) is 19.1 Å². The van der Waals surface area contributed by atoms with Crippen molar-refractivity contribution in [3.63, 3.8) is 0 Å². The number of rotatable bonds is 6. The number of nitro groups is 1. The summed E-state index contributed by atoms with van der Waals surface area (Å²) < 4.78 is 0. The highest BCUT2D eigenvalue weighted by Crippen LogP contribution is 2.15. The second-order valence-corrected chi connectivity index (χ2v) is 4.08. The van der Waals surface area contributed by atoms with Crippen LogP contribution in [0.1, 0.15) is 20.8 Å². The van der Waals surface area contributed by atoms with Gasteiger partial charge in [0.15, 0.2) is 11.6 Å². The molecule has 0 radical (unpaired) electrons. The number of benzene rings is 1. The lowest BCUT2D eigenvalue weighted by atomic mass is 10.3. The molecule has 0 saturated heterocycles. The molecule has 108 valence electrons. The topological polar surface area (TPSA) is 87.8 Å². The number of hydrazone groups is 1. The molecule has 1 N–H and O–H groups in total. The SMILES string of the molecule is CCN(CC)/C(=N\Nc1ccc([N+](=O)[O-])cc1)C(C)=O. The first-order valence-electron chi connectivity index (χ1n) is 6.33. The predicted molar refractivity (Wildman–Crippen MR) is 77.8 cm³/mol. The first-order valence-corrected chi connectivity index (χ1v) is 6.33. The van der Waals surface area contributed by atoms with Gasteiger partial charge in [-0.3, -0.25) is 20.3 Å². The second kappa shape index (κ2) is 7.22. The summed E-state index contributed by atoms with van der Waals surface area (Å²) in [7, 11) is 0. The minimum Gasteiger partial charge on any atom is -0.353 e. The average Bonchev–Trinajstić information content (AvgIpc) is 2.43. The Bertz CT molecular complexity index is 507. The zero-order valence-electron chi connectivity index (χ0n) is 11.8. The number of carbonyl (C=O) groups is 1. The third-order valence-corrected chi connectivity index (χ3v) is 2.75. The molecule has 20 heavy (non-hydrogen) atoms. The summed E-state index contributed by atoms with van der Waals surface area (Å²) in [5.74, 6) is 0.205. The standard InChI is InChI=1S/C13H18N4O3/c1-4-16(5-2)13(10(3)18)15-14-11-6-8-12(9-7-11)17(19)20/h6-9,14H,4-5H2,1-3H3/b15-13-. The number of ketones is 1. The van der Waals surface area contributed by atoms with Gasteiger partial charge in [-0.25, -0.2) is 0 Å². The van der Waals surface area contributed by atoms with E-state index in [1.54, 1.807) is 12.1 Å². The van der Waals surface area contributed by atoms with Gasteiger partial charge in [0.1, 0.15) is 0 Å². The smallest absolute Gasteiger partial charge is 0.269 e. The van der Waals surface area contributed by atoms with Crippen LogP contribution >= 0.6 is 0 Å². The summed E-state index contributed by atoms with van der Waals surface area (Å²) in [6.45, 7) is 6.68. The highest BCUT2D eigenvalue weighted by Gasteiger charge is 2.12. The monoisotopic (exact) mass is 278 g/mol. The maximum atomic E-state index is 11.6. The van der Waals surface area contributed by atoms with Crippen LogP contribution in [0.2, 0.25) is 0 Å². The van der Waals surface area contributed by atoms with E-state index in [0.29, 0.717) is 24.6 Å². The van der Waals surface area contributed by atoms with E-state index in [0.717, 1.165) is 0 Å². The van der Waals surface area contributed by atoms with Crippen molar-refractivity contribution >= 4 is 23.0 Å². The largest absolute Gasteiger partial charge is 0.353 e. The third-order valence-electron chi connectivity index (χ3n) is 2.75. The maximum absolute atomic E-state index is 11.6.